The van der Waals surface area contributed by atoms with Crippen molar-refractivity contribution in [1.82, 2.24) is 9.88 Å². The zero-order valence-electron chi connectivity index (χ0n) is 34.2. The van der Waals surface area contributed by atoms with Gasteiger partial charge in [-0.05, 0) is 111 Å². The highest BCUT2D eigenvalue weighted by Crippen LogP contribution is 2.40. The average Bonchev–Trinajstić information content (AvgIpc) is 4.07. The second-order valence-corrected chi connectivity index (χ2v) is 16.6. The Morgan fingerprint density at radius 2 is 1.24 bits per heavy atom. The van der Waals surface area contributed by atoms with Crippen LogP contribution in [-0.4, -0.2) is 16.2 Å². The number of aliphatic imine (C=N–C) groups is 2. The summed E-state index contributed by atoms with van der Waals surface area (Å²) in [4.78, 5) is 10.6. The largest absolute Gasteiger partial charge is 0.456 e. The Morgan fingerprint density at radius 3 is 2.00 bits per heavy atom. The van der Waals surface area contributed by atoms with Crippen LogP contribution in [0.5, 0.6) is 0 Å². The number of nitrogens with zero attached hydrogens (tertiary/aromatic N) is 3. The number of nitrogens with one attached hydrogen (secondary N) is 1. The molecule has 0 radical (unpaired) electrons. The van der Waals surface area contributed by atoms with E-state index >= 15 is 0 Å². The van der Waals surface area contributed by atoms with Gasteiger partial charge in [-0.15, -0.1) is 0 Å². The first-order valence-corrected chi connectivity index (χ1v) is 21.6. The third-order valence-corrected chi connectivity index (χ3v) is 12.8. The Kier molecular flexibility index (Phi) is 7.97. The lowest BCUT2D eigenvalue weighted by Crippen LogP contribution is -2.33. The molecule has 9 aromatic carbocycles. The number of allylic oxidation sites excluding steroid dienone is 1. The third-order valence-electron chi connectivity index (χ3n) is 12.8. The zero-order chi connectivity index (χ0) is 41.4. The van der Waals surface area contributed by atoms with Gasteiger partial charge in [0.1, 0.15) is 23.2 Å². The first-order valence-electron chi connectivity index (χ1n) is 21.6. The standard InChI is InChI=1S/C58H38N4O/c1-3-11-36(12-4-1)42-25-29-51-49(33-42)50-34-43(37-13-5-2-6-14-37)26-30-52(50)62(51)46-27-28-47-54(35-46)63-53-20-10-19-48(55(47)53)58-60-56(44-23-21-38-15-7-8-16-40(38)31-44)59-57(61-58)45-24-22-39-17-9-18-41(39)32-45/h1-16,18-35,57H,17H2,(H,59,60,61). The molecule has 296 valence electrons. The van der Waals surface area contributed by atoms with Gasteiger partial charge < -0.3 is 14.3 Å². The maximum absolute atomic E-state index is 6.79. The number of furan rings is 1. The highest BCUT2D eigenvalue weighted by atomic mass is 16.3. The van der Waals surface area contributed by atoms with Gasteiger partial charge in [0.25, 0.3) is 0 Å². The highest BCUT2D eigenvalue weighted by Gasteiger charge is 2.25. The molecule has 0 fully saturated rings. The Bertz CT molecular complexity index is 3640. The van der Waals surface area contributed by atoms with E-state index in [1.54, 1.807) is 0 Å². The van der Waals surface area contributed by atoms with Gasteiger partial charge in [-0.3, -0.25) is 0 Å². The molecule has 11 aromatic rings. The van der Waals surface area contributed by atoms with Crippen LogP contribution in [0.25, 0.3) is 88.5 Å². The van der Waals surface area contributed by atoms with Crippen LogP contribution in [0.3, 0.4) is 0 Å². The smallest absolute Gasteiger partial charge is 0.159 e. The summed E-state index contributed by atoms with van der Waals surface area (Å²) >= 11 is 0. The van der Waals surface area contributed by atoms with Crippen LogP contribution in [-0.2, 0) is 6.42 Å². The molecule has 0 spiro atoms. The van der Waals surface area contributed by atoms with E-state index in [0.29, 0.717) is 5.84 Å². The van der Waals surface area contributed by atoms with Crippen LogP contribution < -0.4 is 5.32 Å². The van der Waals surface area contributed by atoms with Gasteiger partial charge in [-0.2, -0.15) is 0 Å². The quantitative estimate of drug-likeness (QED) is 0.182. The molecule has 2 aromatic heterocycles. The van der Waals surface area contributed by atoms with Crippen molar-refractivity contribution in [1.29, 1.82) is 0 Å². The lowest BCUT2D eigenvalue weighted by Gasteiger charge is -2.24. The minimum atomic E-state index is -0.335. The molecule has 3 heterocycles. The number of benzene rings is 9. The van der Waals surface area contributed by atoms with Gasteiger partial charge in [-0.25, -0.2) is 9.98 Å². The zero-order valence-corrected chi connectivity index (χ0v) is 34.2. The second-order valence-electron chi connectivity index (χ2n) is 16.6. The van der Waals surface area contributed by atoms with E-state index in [2.05, 4.69) is 216 Å². The maximum Gasteiger partial charge on any atom is 0.159 e. The van der Waals surface area contributed by atoms with Crippen LogP contribution in [0.1, 0.15) is 34.0 Å². The normalized spacial score (nSPS) is 14.7. The van der Waals surface area contributed by atoms with Crippen molar-refractivity contribution in [2.24, 2.45) is 9.98 Å². The summed E-state index contributed by atoms with van der Waals surface area (Å²) in [7, 11) is 0. The van der Waals surface area contributed by atoms with Crippen molar-refractivity contribution < 1.29 is 4.42 Å². The predicted octanol–water partition coefficient (Wildman–Crippen LogP) is 14.2. The number of hydrogen-bond acceptors (Lipinski definition) is 4. The minimum absolute atomic E-state index is 0.335. The summed E-state index contributed by atoms with van der Waals surface area (Å²) in [5, 5.41) is 10.6. The van der Waals surface area contributed by atoms with Crippen LogP contribution >= 0.6 is 0 Å². The number of rotatable bonds is 6. The Morgan fingerprint density at radius 1 is 0.524 bits per heavy atom. The summed E-state index contributed by atoms with van der Waals surface area (Å²) < 4.78 is 9.16. The molecule has 1 N–H and O–H groups in total. The first kappa shape index (κ1) is 35.5. The van der Waals surface area contributed by atoms with Crippen LogP contribution in [0.2, 0.25) is 0 Å². The Labute approximate surface area is 363 Å². The number of amidine groups is 2. The van der Waals surface area contributed by atoms with Gasteiger partial charge in [0.15, 0.2) is 5.84 Å². The molecule has 0 bridgehead atoms. The highest BCUT2D eigenvalue weighted by molar-refractivity contribution is 6.22. The maximum atomic E-state index is 6.79. The molecule has 1 aliphatic carbocycles. The summed E-state index contributed by atoms with van der Waals surface area (Å²) in [6.07, 6.45) is 5.06. The molecule has 5 heteroatoms. The SMILES string of the molecule is C1=Cc2cc(C3N=C(c4ccc5ccccc5c4)N=C(c4cccc5oc6cc(-n7c8ccc(-c9ccccc9)cc8c8cc(-c9ccccc9)ccc87)ccc6c45)N3)ccc2C1. The molecule has 13 rings (SSSR count). The molecule has 0 saturated heterocycles. The number of hydrogen-bond donors (Lipinski definition) is 1. The molecule has 63 heavy (non-hydrogen) atoms. The van der Waals surface area contributed by atoms with E-state index in [9.17, 15) is 0 Å². The van der Waals surface area contributed by atoms with Gasteiger partial charge in [0.05, 0.1) is 11.0 Å². The first-order chi connectivity index (χ1) is 31.2. The van der Waals surface area contributed by atoms with Gasteiger partial charge in [0.2, 0.25) is 0 Å². The summed E-state index contributed by atoms with van der Waals surface area (Å²) in [5.41, 5.74) is 15.3. The van der Waals surface area contributed by atoms with E-state index in [1.165, 1.54) is 49.5 Å². The van der Waals surface area contributed by atoms with Crippen LogP contribution in [0.4, 0.5) is 0 Å². The molecule has 2 aliphatic rings. The van der Waals surface area contributed by atoms with Gasteiger partial charge in [-0.1, -0.05) is 146 Å². The Hall–Kier alpha value is -8.28. The van der Waals surface area contributed by atoms with Crippen molar-refractivity contribution in [2.75, 3.05) is 0 Å². The van der Waals surface area contributed by atoms with E-state index < -0.39 is 0 Å². The van der Waals surface area contributed by atoms with E-state index in [-0.39, 0.29) is 6.17 Å². The molecular formula is C58H38N4O. The molecule has 0 amide bonds. The van der Waals surface area contributed by atoms with Crippen molar-refractivity contribution >= 4 is 72.3 Å². The van der Waals surface area contributed by atoms with E-state index in [4.69, 9.17) is 14.4 Å². The predicted molar refractivity (Wildman–Crippen MR) is 261 cm³/mol. The summed E-state index contributed by atoms with van der Waals surface area (Å²) in [5.74, 6) is 1.46. The topological polar surface area (TPSA) is 54.8 Å². The molecule has 0 saturated carbocycles. The molecule has 1 aliphatic heterocycles. The fourth-order valence-electron chi connectivity index (χ4n) is 9.72. The molecule has 5 nitrogen and oxygen atoms in total. The average molecular weight is 807 g/mol. The lowest BCUT2D eigenvalue weighted by atomic mass is 10.0. The van der Waals surface area contributed by atoms with Crippen molar-refractivity contribution in [2.45, 2.75) is 12.6 Å². The number of aromatic nitrogens is 1. The lowest BCUT2D eigenvalue weighted by molar-refractivity contribution is 0.667. The van der Waals surface area contributed by atoms with Crippen molar-refractivity contribution in [3.63, 3.8) is 0 Å². The van der Waals surface area contributed by atoms with E-state index in [0.717, 1.165) is 73.0 Å². The van der Waals surface area contributed by atoms with Gasteiger partial charge >= 0.3 is 0 Å². The molecular weight excluding hydrogens is 769 g/mol. The third kappa shape index (κ3) is 5.93. The van der Waals surface area contributed by atoms with Crippen LogP contribution in [0.15, 0.2) is 215 Å². The van der Waals surface area contributed by atoms with E-state index in [1.807, 2.05) is 0 Å². The summed E-state index contributed by atoms with van der Waals surface area (Å²) in [6.45, 7) is 0. The van der Waals surface area contributed by atoms with Crippen molar-refractivity contribution in [3.8, 4) is 27.9 Å². The minimum Gasteiger partial charge on any atom is -0.456 e. The van der Waals surface area contributed by atoms with Gasteiger partial charge in [0, 0.05) is 44.4 Å². The summed E-state index contributed by atoms with van der Waals surface area (Å²) in [6, 6.07) is 69.4. The monoisotopic (exact) mass is 806 g/mol. The second kappa shape index (κ2) is 14.2. The number of fused-ring (bicyclic) bond motifs is 8. The molecule has 1 unspecified atom stereocenters. The van der Waals surface area contributed by atoms with Crippen LogP contribution in [0, 0.1) is 0 Å². The Balaban J connectivity index is 0.960. The fraction of sp³-hybridized carbons (Fsp3) is 0.0345. The fourth-order valence-corrected chi connectivity index (χ4v) is 9.72. The van der Waals surface area contributed by atoms with Crippen molar-refractivity contribution in [3.05, 3.63) is 228 Å². The molecule has 1 atom stereocenters.